The van der Waals surface area contributed by atoms with Crippen LogP contribution in [-0.4, -0.2) is 38.2 Å². The number of hydrogen-bond donors (Lipinski definition) is 0. The molecule has 1 heterocycles. The molecule has 158 valence electrons. The van der Waals surface area contributed by atoms with Gasteiger partial charge in [0, 0.05) is 12.1 Å². The first-order chi connectivity index (χ1) is 13.8. The lowest BCUT2D eigenvalue weighted by atomic mass is 9.82. The second-order valence-corrected chi connectivity index (χ2v) is 9.89. The number of likely N-dealkylation sites (tertiary alicyclic amines) is 1. The predicted octanol–water partition coefficient (Wildman–Crippen LogP) is 4.95. The van der Waals surface area contributed by atoms with E-state index in [9.17, 15) is 8.42 Å². The van der Waals surface area contributed by atoms with Crippen LogP contribution in [0.4, 0.5) is 0 Å². The Morgan fingerprint density at radius 1 is 0.931 bits per heavy atom. The Labute approximate surface area is 176 Å². The Balaban J connectivity index is 1.93. The van der Waals surface area contributed by atoms with E-state index in [0.717, 1.165) is 30.3 Å². The summed E-state index contributed by atoms with van der Waals surface area (Å²) >= 11 is 0. The molecule has 0 radical (unpaired) electrons. The molecule has 2 atom stereocenters. The minimum Gasteiger partial charge on any atom is -0.298 e. The molecule has 0 N–H and O–H groups in total. The van der Waals surface area contributed by atoms with Crippen LogP contribution in [0.3, 0.4) is 0 Å². The first-order valence-corrected chi connectivity index (χ1v) is 12.4. The van der Waals surface area contributed by atoms with Crippen LogP contribution < -0.4 is 0 Å². The fraction of sp³-hybridized carbons (Fsp3) is 0.500. The molecule has 3 rings (SSSR count). The van der Waals surface area contributed by atoms with Crippen LogP contribution in [0.5, 0.6) is 0 Å². The molecule has 1 aliphatic rings. The summed E-state index contributed by atoms with van der Waals surface area (Å²) in [6.45, 7) is 5.53. The van der Waals surface area contributed by atoms with Gasteiger partial charge in [0.2, 0.25) is 0 Å². The molecule has 1 saturated heterocycles. The van der Waals surface area contributed by atoms with Gasteiger partial charge < -0.3 is 0 Å². The van der Waals surface area contributed by atoms with Crippen molar-refractivity contribution in [2.45, 2.75) is 63.6 Å². The Morgan fingerprint density at radius 2 is 1.41 bits per heavy atom. The van der Waals surface area contributed by atoms with Gasteiger partial charge in [-0.3, -0.25) is 9.08 Å². The molecule has 5 heteroatoms. The van der Waals surface area contributed by atoms with Gasteiger partial charge >= 0.3 is 0 Å². The van der Waals surface area contributed by atoms with E-state index in [2.05, 4.69) is 18.7 Å². The molecule has 0 spiro atoms. The quantitative estimate of drug-likeness (QED) is 0.572. The fourth-order valence-electron chi connectivity index (χ4n) is 4.69. The number of hydrogen-bond acceptors (Lipinski definition) is 4. The molecule has 1 aliphatic heterocycles. The van der Waals surface area contributed by atoms with E-state index in [1.165, 1.54) is 19.3 Å². The lowest BCUT2D eigenvalue weighted by Gasteiger charge is -2.40. The van der Waals surface area contributed by atoms with E-state index in [1.807, 2.05) is 60.7 Å². The SMILES string of the molecule is C[C@@H]1CCC[C@H](C)N1CCCC(OS(C)(=O)=O)(c1ccccc1)c1ccccc1. The third kappa shape index (κ3) is 5.47. The summed E-state index contributed by atoms with van der Waals surface area (Å²) in [5.74, 6) is 0. The molecule has 0 amide bonds. The van der Waals surface area contributed by atoms with Crippen molar-refractivity contribution in [1.82, 2.24) is 4.90 Å². The van der Waals surface area contributed by atoms with Crippen LogP contribution in [0.2, 0.25) is 0 Å². The van der Waals surface area contributed by atoms with Gasteiger partial charge in [0.15, 0.2) is 0 Å². The van der Waals surface area contributed by atoms with Crippen molar-refractivity contribution >= 4 is 10.1 Å². The smallest absolute Gasteiger partial charge is 0.265 e. The van der Waals surface area contributed by atoms with E-state index in [4.69, 9.17) is 4.18 Å². The molecule has 0 aromatic heterocycles. The van der Waals surface area contributed by atoms with Crippen LogP contribution in [0.25, 0.3) is 0 Å². The molecule has 0 unspecified atom stereocenters. The van der Waals surface area contributed by atoms with Gasteiger partial charge in [-0.05, 0) is 57.2 Å². The van der Waals surface area contributed by atoms with Crippen molar-refractivity contribution in [3.05, 3.63) is 71.8 Å². The Kier molecular flexibility index (Phi) is 7.14. The molecular weight excluding hydrogens is 382 g/mol. The number of benzene rings is 2. The average Bonchev–Trinajstić information content (AvgIpc) is 2.70. The minimum absolute atomic E-state index is 0.567. The molecule has 29 heavy (non-hydrogen) atoms. The molecule has 0 saturated carbocycles. The summed E-state index contributed by atoms with van der Waals surface area (Å²) in [6.07, 6.45) is 6.34. The predicted molar refractivity (Wildman–Crippen MR) is 118 cm³/mol. The molecule has 2 aromatic rings. The molecule has 1 fully saturated rings. The van der Waals surface area contributed by atoms with Crippen LogP contribution in [-0.2, 0) is 19.9 Å². The molecule has 4 nitrogen and oxygen atoms in total. The van der Waals surface area contributed by atoms with Crippen LogP contribution in [0, 0.1) is 0 Å². The van der Waals surface area contributed by atoms with Crippen LogP contribution >= 0.6 is 0 Å². The lowest BCUT2D eigenvalue weighted by Crippen LogP contribution is -2.44. The van der Waals surface area contributed by atoms with Gasteiger partial charge in [-0.15, -0.1) is 0 Å². The third-order valence-corrected chi connectivity index (χ3v) is 6.68. The van der Waals surface area contributed by atoms with Gasteiger partial charge in [-0.2, -0.15) is 8.42 Å². The maximum Gasteiger partial charge on any atom is 0.265 e. The molecule has 2 aromatic carbocycles. The number of nitrogens with zero attached hydrogens (tertiary/aromatic N) is 1. The monoisotopic (exact) mass is 415 g/mol. The summed E-state index contributed by atoms with van der Waals surface area (Å²) in [6, 6.07) is 20.6. The van der Waals surface area contributed by atoms with Gasteiger partial charge in [0.1, 0.15) is 5.60 Å². The van der Waals surface area contributed by atoms with Gasteiger partial charge in [0.05, 0.1) is 6.26 Å². The third-order valence-electron chi connectivity index (χ3n) is 6.10. The number of piperidine rings is 1. The highest BCUT2D eigenvalue weighted by Gasteiger charge is 2.39. The Morgan fingerprint density at radius 3 is 1.86 bits per heavy atom. The van der Waals surface area contributed by atoms with Crippen molar-refractivity contribution in [3.63, 3.8) is 0 Å². The standard InChI is InChI=1S/C24H33NO3S/c1-20-12-10-13-21(2)25(20)19-11-18-24(28-29(3,26)27,22-14-6-4-7-15-22)23-16-8-5-9-17-23/h4-9,14-17,20-21H,10-13,18-19H2,1-3H3/t20-,21+. The van der Waals surface area contributed by atoms with E-state index in [0.29, 0.717) is 18.5 Å². The molecule has 0 aliphatic carbocycles. The van der Waals surface area contributed by atoms with E-state index in [-0.39, 0.29) is 0 Å². The summed E-state index contributed by atoms with van der Waals surface area (Å²) < 4.78 is 30.6. The normalized spacial score (nSPS) is 21.2. The van der Waals surface area contributed by atoms with Crippen molar-refractivity contribution in [1.29, 1.82) is 0 Å². The summed E-state index contributed by atoms with van der Waals surface area (Å²) in [5, 5.41) is 0. The van der Waals surface area contributed by atoms with E-state index < -0.39 is 15.7 Å². The van der Waals surface area contributed by atoms with Crippen molar-refractivity contribution < 1.29 is 12.6 Å². The zero-order valence-corrected chi connectivity index (χ0v) is 18.6. The first-order valence-electron chi connectivity index (χ1n) is 10.6. The largest absolute Gasteiger partial charge is 0.298 e. The Hall–Kier alpha value is -1.69. The van der Waals surface area contributed by atoms with Gasteiger partial charge in [0.25, 0.3) is 10.1 Å². The maximum atomic E-state index is 12.3. The summed E-state index contributed by atoms with van der Waals surface area (Å²) in [7, 11) is -3.67. The van der Waals surface area contributed by atoms with Crippen molar-refractivity contribution in [2.75, 3.05) is 12.8 Å². The van der Waals surface area contributed by atoms with Crippen molar-refractivity contribution in [2.24, 2.45) is 0 Å². The van der Waals surface area contributed by atoms with Gasteiger partial charge in [-0.1, -0.05) is 67.1 Å². The second-order valence-electron chi connectivity index (χ2n) is 8.32. The maximum absolute atomic E-state index is 12.3. The topological polar surface area (TPSA) is 46.6 Å². The highest BCUT2D eigenvalue weighted by atomic mass is 32.2. The fourth-order valence-corrected chi connectivity index (χ4v) is 5.49. The van der Waals surface area contributed by atoms with E-state index >= 15 is 0 Å². The average molecular weight is 416 g/mol. The second kappa shape index (κ2) is 9.41. The zero-order chi connectivity index (χ0) is 20.9. The number of rotatable bonds is 8. The van der Waals surface area contributed by atoms with Crippen LogP contribution in [0.15, 0.2) is 60.7 Å². The van der Waals surface area contributed by atoms with Crippen molar-refractivity contribution in [3.8, 4) is 0 Å². The zero-order valence-electron chi connectivity index (χ0n) is 17.8. The molecule has 0 bridgehead atoms. The highest BCUT2D eigenvalue weighted by Crippen LogP contribution is 2.39. The first kappa shape index (κ1) is 22.0. The van der Waals surface area contributed by atoms with Gasteiger partial charge in [-0.25, -0.2) is 0 Å². The highest BCUT2D eigenvalue weighted by molar-refractivity contribution is 7.86. The summed E-state index contributed by atoms with van der Waals surface area (Å²) in [4.78, 5) is 2.56. The van der Waals surface area contributed by atoms with E-state index in [1.54, 1.807) is 0 Å². The minimum atomic E-state index is -3.67. The lowest BCUT2D eigenvalue weighted by molar-refractivity contribution is 0.0747. The van der Waals surface area contributed by atoms with Crippen LogP contribution in [0.1, 0.15) is 57.1 Å². The summed E-state index contributed by atoms with van der Waals surface area (Å²) in [5.41, 5.74) is 0.728. The Bertz CT molecular complexity index is 818. The molecular formula is C24H33NO3S.